The van der Waals surface area contributed by atoms with Gasteiger partial charge in [0.15, 0.2) is 12.2 Å². The Bertz CT molecular complexity index is 666. The number of allylic oxidation sites excluding steroid dienone is 1. The van der Waals surface area contributed by atoms with Crippen molar-refractivity contribution in [2.24, 2.45) is 0 Å². The van der Waals surface area contributed by atoms with Crippen molar-refractivity contribution in [1.29, 1.82) is 0 Å². The minimum absolute atomic E-state index is 0.00470. The molecule has 2 heterocycles. The summed E-state index contributed by atoms with van der Waals surface area (Å²) in [6, 6.07) is 8.23. The Balaban J connectivity index is 1.60. The van der Waals surface area contributed by atoms with E-state index >= 15 is 0 Å². The van der Waals surface area contributed by atoms with Crippen molar-refractivity contribution < 1.29 is 14.3 Å². The molecule has 26 heavy (non-hydrogen) atoms. The summed E-state index contributed by atoms with van der Waals surface area (Å²) in [7, 11) is 0. The number of para-hydroxylation sites is 1. The zero-order chi connectivity index (χ0) is 18.4. The number of piperidine rings is 1. The summed E-state index contributed by atoms with van der Waals surface area (Å²) in [5.74, 6) is 0.783. The third-order valence-corrected chi connectivity index (χ3v) is 5.04. The lowest BCUT2D eigenvalue weighted by molar-refractivity contribution is -0.111. The number of anilines is 1. The molecular formula is C20H27N3O3. The van der Waals surface area contributed by atoms with Crippen LogP contribution in [-0.4, -0.2) is 54.4 Å². The maximum absolute atomic E-state index is 12.7. The largest absolute Gasteiger partial charge is 0.472 e. The molecule has 1 aromatic carbocycles. The molecule has 6 heteroatoms. The minimum atomic E-state index is -0.00470. The lowest BCUT2D eigenvalue weighted by Crippen LogP contribution is -2.48. The molecule has 1 fully saturated rings. The summed E-state index contributed by atoms with van der Waals surface area (Å²) < 4.78 is 5.56. The molecule has 3 rings (SSSR count). The summed E-state index contributed by atoms with van der Waals surface area (Å²) in [6.45, 7) is 4.53. The van der Waals surface area contributed by atoms with E-state index in [9.17, 15) is 9.59 Å². The highest BCUT2D eigenvalue weighted by molar-refractivity contribution is 5.91. The Hall–Kier alpha value is -2.50. The van der Waals surface area contributed by atoms with Crippen LogP contribution in [0.5, 0.6) is 0 Å². The summed E-state index contributed by atoms with van der Waals surface area (Å²) in [5, 5.41) is 3.05. The summed E-state index contributed by atoms with van der Waals surface area (Å²) >= 11 is 0. The normalized spacial score (nSPS) is 18.8. The maximum atomic E-state index is 12.7. The van der Waals surface area contributed by atoms with Gasteiger partial charge in [-0.3, -0.25) is 4.79 Å². The lowest BCUT2D eigenvalue weighted by atomic mass is 10.0. The highest BCUT2D eigenvalue weighted by atomic mass is 16.5. The van der Waals surface area contributed by atoms with E-state index in [4.69, 9.17) is 4.74 Å². The number of benzene rings is 1. The number of hydrogen-bond acceptors (Lipinski definition) is 4. The number of urea groups is 1. The minimum Gasteiger partial charge on any atom is -0.472 e. The van der Waals surface area contributed by atoms with E-state index in [2.05, 4.69) is 23.2 Å². The van der Waals surface area contributed by atoms with Gasteiger partial charge in [0.05, 0.1) is 0 Å². The highest BCUT2D eigenvalue weighted by Crippen LogP contribution is 2.25. The van der Waals surface area contributed by atoms with Crippen LogP contribution in [0.2, 0.25) is 0 Å². The van der Waals surface area contributed by atoms with Gasteiger partial charge in [0, 0.05) is 31.4 Å². The van der Waals surface area contributed by atoms with E-state index in [1.165, 1.54) is 5.56 Å². The Morgan fingerprint density at radius 2 is 2.04 bits per heavy atom. The number of likely N-dealkylation sites (tertiary alicyclic amines) is 1. The molecule has 0 saturated carbocycles. The third kappa shape index (κ3) is 4.18. The maximum Gasteiger partial charge on any atom is 0.322 e. The SMILES string of the molecule is CC/C=C(/OCC=O)N1CCC(N2CCc3ccccc3NC2=O)CC1. The quantitative estimate of drug-likeness (QED) is 0.628. The van der Waals surface area contributed by atoms with Gasteiger partial charge in [-0.05, 0) is 43.4 Å². The van der Waals surface area contributed by atoms with Crippen LogP contribution in [0, 0.1) is 0 Å². The molecule has 1 saturated heterocycles. The Morgan fingerprint density at radius 3 is 2.77 bits per heavy atom. The van der Waals surface area contributed by atoms with Crippen molar-refractivity contribution in [2.45, 2.75) is 38.6 Å². The van der Waals surface area contributed by atoms with Gasteiger partial charge in [0.1, 0.15) is 6.61 Å². The predicted octanol–water partition coefficient (Wildman–Crippen LogP) is 3.01. The molecule has 0 aromatic heterocycles. The Kier molecular flexibility index (Phi) is 6.15. The first-order chi connectivity index (χ1) is 12.7. The lowest BCUT2D eigenvalue weighted by Gasteiger charge is -2.39. The molecule has 2 aliphatic rings. The topological polar surface area (TPSA) is 61.9 Å². The Morgan fingerprint density at radius 1 is 1.27 bits per heavy atom. The third-order valence-electron chi connectivity index (χ3n) is 5.04. The van der Waals surface area contributed by atoms with Gasteiger partial charge in [-0.15, -0.1) is 0 Å². The first-order valence-electron chi connectivity index (χ1n) is 9.40. The molecule has 2 amide bonds. The van der Waals surface area contributed by atoms with Crippen molar-refractivity contribution in [3.05, 3.63) is 41.8 Å². The number of carbonyl (C=O) groups excluding carboxylic acids is 2. The van der Waals surface area contributed by atoms with Crippen LogP contribution >= 0.6 is 0 Å². The van der Waals surface area contributed by atoms with Crippen molar-refractivity contribution in [2.75, 3.05) is 31.6 Å². The second-order valence-electron chi connectivity index (χ2n) is 6.68. The van der Waals surface area contributed by atoms with Crippen LogP contribution in [0.15, 0.2) is 36.2 Å². The summed E-state index contributed by atoms with van der Waals surface area (Å²) in [6.07, 6.45) is 6.32. The van der Waals surface area contributed by atoms with Crippen LogP contribution in [0.4, 0.5) is 10.5 Å². The zero-order valence-corrected chi connectivity index (χ0v) is 15.3. The second-order valence-corrected chi connectivity index (χ2v) is 6.68. The molecule has 140 valence electrons. The van der Waals surface area contributed by atoms with Gasteiger partial charge in [-0.25, -0.2) is 4.79 Å². The molecule has 0 bridgehead atoms. The van der Waals surface area contributed by atoms with E-state index in [1.54, 1.807) is 0 Å². The van der Waals surface area contributed by atoms with Crippen molar-refractivity contribution in [3.8, 4) is 0 Å². The van der Waals surface area contributed by atoms with Gasteiger partial charge >= 0.3 is 6.03 Å². The molecule has 2 aliphatic heterocycles. The molecular weight excluding hydrogens is 330 g/mol. The first-order valence-corrected chi connectivity index (χ1v) is 9.40. The fourth-order valence-electron chi connectivity index (χ4n) is 3.71. The number of carbonyl (C=O) groups is 2. The second kappa shape index (κ2) is 8.74. The van der Waals surface area contributed by atoms with Gasteiger partial charge in [-0.2, -0.15) is 0 Å². The van der Waals surface area contributed by atoms with Gasteiger partial charge in [-0.1, -0.05) is 25.1 Å². The van der Waals surface area contributed by atoms with E-state index in [1.807, 2.05) is 29.2 Å². The fourth-order valence-corrected chi connectivity index (χ4v) is 3.71. The number of fused-ring (bicyclic) bond motifs is 1. The number of amides is 2. The molecule has 0 radical (unpaired) electrons. The fraction of sp³-hybridized carbons (Fsp3) is 0.500. The van der Waals surface area contributed by atoms with Crippen molar-refractivity contribution in [3.63, 3.8) is 0 Å². The number of rotatable bonds is 6. The molecule has 0 aliphatic carbocycles. The molecule has 6 nitrogen and oxygen atoms in total. The van der Waals surface area contributed by atoms with Crippen LogP contribution in [0.3, 0.4) is 0 Å². The van der Waals surface area contributed by atoms with Gasteiger partial charge in [0.2, 0.25) is 0 Å². The van der Waals surface area contributed by atoms with E-state index in [0.717, 1.165) is 63.2 Å². The number of ether oxygens (including phenoxy) is 1. The summed E-state index contributed by atoms with van der Waals surface area (Å²) in [4.78, 5) is 27.4. The highest BCUT2D eigenvalue weighted by Gasteiger charge is 2.30. The van der Waals surface area contributed by atoms with Crippen LogP contribution in [0.25, 0.3) is 0 Å². The standard InChI is InChI=1S/C20H27N3O3/c1-2-5-19(26-15-14-24)22-11-9-17(10-12-22)23-13-8-16-6-3-4-7-18(16)21-20(23)25/h3-7,14,17H,2,8-13,15H2,1H3,(H,21,25)/b19-5+. The number of nitrogens with one attached hydrogen (secondary N) is 1. The van der Waals surface area contributed by atoms with E-state index in [-0.39, 0.29) is 18.7 Å². The van der Waals surface area contributed by atoms with Gasteiger partial charge in [0.25, 0.3) is 0 Å². The van der Waals surface area contributed by atoms with Crippen molar-refractivity contribution >= 4 is 18.0 Å². The molecule has 0 unspecified atom stereocenters. The molecule has 1 N–H and O–H groups in total. The van der Waals surface area contributed by atoms with Crippen LogP contribution in [0.1, 0.15) is 31.7 Å². The first kappa shape index (κ1) is 18.3. The van der Waals surface area contributed by atoms with Crippen LogP contribution < -0.4 is 5.32 Å². The van der Waals surface area contributed by atoms with E-state index < -0.39 is 0 Å². The monoisotopic (exact) mass is 357 g/mol. The number of aldehydes is 1. The van der Waals surface area contributed by atoms with Crippen LogP contribution in [-0.2, 0) is 16.0 Å². The Labute approximate surface area is 154 Å². The predicted molar refractivity (Wildman–Crippen MR) is 101 cm³/mol. The molecule has 0 atom stereocenters. The van der Waals surface area contributed by atoms with Gasteiger partial charge < -0.3 is 19.9 Å². The smallest absolute Gasteiger partial charge is 0.322 e. The summed E-state index contributed by atoms with van der Waals surface area (Å²) in [5.41, 5.74) is 2.11. The molecule has 0 spiro atoms. The number of nitrogens with zero attached hydrogens (tertiary/aromatic N) is 2. The number of hydrogen-bond donors (Lipinski definition) is 1. The van der Waals surface area contributed by atoms with Crippen molar-refractivity contribution in [1.82, 2.24) is 9.80 Å². The zero-order valence-electron chi connectivity index (χ0n) is 15.3. The molecule has 1 aromatic rings. The average molecular weight is 357 g/mol. The average Bonchev–Trinajstić information content (AvgIpc) is 2.83. The van der Waals surface area contributed by atoms with E-state index in [0.29, 0.717) is 0 Å².